The van der Waals surface area contributed by atoms with E-state index in [4.69, 9.17) is 4.74 Å². The quantitative estimate of drug-likeness (QED) is 0.830. The van der Waals surface area contributed by atoms with Crippen LogP contribution in [0.15, 0.2) is 5.38 Å². The van der Waals surface area contributed by atoms with E-state index in [1.54, 1.807) is 11.3 Å². The zero-order valence-corrected chi connectivity index (χ0v) is 15.8. The molecule has 1 aromatic rings. The van der Waals surface area contributed by atoms with Crippen LogP contribution in [0.1, 0.15) is 54.0 Å². The van der Waals surface area contributed by atoms with Crippen LogP contribution in [0, 0.1) is 11.3 Å². The average Bonchev–Trinajstić information content (AvgIpc) is 3.09. The normalized spacial score (nSPS) is 31.6. The van der Waals surface area contributed by atoms with Crippen LogP contribution in [-0.4, -0.2) is 66.1 Å². The summed E-state index contributed by atoms with van der Waals surface area (Å²) >= 11 is 1.67. The first-order valence-electron chi connectivity index (χ1n) is 9.77. The van der Waals surface area contributed by atoms with E-state index in [0.717, 1.165) is 50.7 Å². The number of ether oxygens (including phenoxy) is 1. The van der Waals surface area contributed by atoms with Gasteiger partial charge in [-0.05, 0) is 37.6 Å². The Balaban J connectivity index is 1.27. The molecule has 1 saturated carbocycles. The van der Waals surface area contributed by atoms with Crippen LogP contribution in [0.4, 0.5) is 0 Å². The van der Waals surface area contributed by atoms with Gasteiger partial charge >= 0.3 is 0 Å². The molecule has 6 heteroatoms. The molecule has 4 heterocycles. The van der Waals surface area contributed by atoms with Crippen LogP contribution in [0.2, 0.25) is 0 Å². The molecule has 1 aromatic heterocycles. The van der Waals surface area contributed by atoms with Crippen molar-refractivity contribution in [1.29, 1.82) is 0 Å². The second-order valence-corrected chi connectivity index (χ2v) is 9.16. The molecule has 136 valence electrons. The smallest absolute Gasteiger partial charge is 0.273 e. The molecule has 0 N–H and O–H groups in total. The van der Waals surface area contributed by atoms with Gasteiger partial charge in [-0.2, -0.15) is 0 Å². The molecule has 2 atom stereocenters. The third-order valence-electron chi connectivity index (χ3n) is 6.94. The molecule has 4 fully saturated rings. The molecule has 3 saturated heterocycles. The van der Waals surface area contributed by atoms with Crippen molar-refractivity contribution >= 4 is 17.2 Å². The Kier molecular flexibility index (Phi) is 3.91. The van der Waals surface area contributed by atoms with Crippen molar-refractivity contribution in [2.75, 3.05) is 39.4 Å². The fourth-order valence-electron chi connectivity index (χ4n) is 5.22. The van der Waals surface area contributed by atoms with Gasteiger partial charge in [-0.15, -0.1) is 11.3 Å². The number of aromatic nitrogens is 1. The lowest BCUT2D eigenvalue weighted by molar-refractivity contribution is 0.0399. The van der Waals surface area contributed by atoms with Gasteiger partial charge in [-0.1, -0.05) is 6.92 Å². The van der Waals surface area contributed by atoms with Crippen molar-refractivity contribution in [3.63, 3.8) is 0 Å². The van der Waals surface area contributed by atoms with Gasteiger partial charge in [0, 0.05) is 42.9 Å². The van der Waals surface area contributed by atoms with E-state index in [1.165, 1.54) is 19.4 Å². The van der Waals surface area contributed by atoms with Gasteiger partial charge in [0.05, 0.1) is 18.2 Å². The molecule has 0 aromatic carbocycles. The van der Waals surface area contributed by atoms with Crippen LogP contribution in [0.25, 0.3) is 0 Å². The highest BCUT2D eigenvalue weighted by molar-refractivity contribution is 7.10. The number of fused-ring (bicyclic) bond motifs is 2. The van der Waals surface area contributed by atoms with E-state index in [1.807, 2.05) is 10.3 Å². The van der Waals surface area contributed by atoms with E-state index in [0.29, 0.717) is 29.0 Å². The topological polar surface area (TPSA) is 45.7 Å². The Morgan fingerprint density at radius 2 is 2.16 bits per heavy atom. The first kappa shape index (κ1) is 16.2. The molecule has 4 aliphatic rings. The highest BCUT2D eigenvalue weighted by atomic mass is 32.1. The van der Waals surface area contributed by atoms with Crippen LogP contribution >= 0.6 is 11.3 Å². The summed E-state index contributed by atoms with van der Waals surface area (Å²) in [5.74, 6) is 1.43. The summed E-state index contributed by atoms with van der Waals surface area (Å²) in [6.07, 6.45) is 4.70. The maximum absolute atomic E-state index is 12.8. The first-order valence-corrected chi connectivity index (χ1v) is 10.6. The van der Waals surface area contributed by atoms with Crippen molar-refractivity contribution in [2.24, 2.45) is 11.3 Å². The van der Waals surface area contributed by atoms with Gasteiger partial charge in [0.15, 0.2) is 0 Å². The van der Waals surface area contributed by atoms with E-state index in [9.17, 15) is 4.79 Å². The molecule has 5 rings (SSSR count). The maximum Gasteiger partial charge on any atom is 0.273 e. The van der Waals surface area contributed by atoms with E-state index in [-0.39, 0.29) is 5.91 Å². The fourth-order valence-corrected chi connectivity index (χ4v) is 6.19. The molecule has 0 bridgehead atoms. The maximum atomic E-state index is 12.8. The van der Waals surface area contributed by atoms with E-state index in [2.05, 4.69) is 16.8 Å². The number of amides is 1. The number of rotatable bonds is 3. The monoisotopic (exact) mass is 361 g/mol. The van der Waals surface area contributed by atoms with Gasteiger partial charge in [0.2, 0.25) is 0 Å². The van der Waals surface area contributed by atoms with Crippen LogP contribution < -0.4 is 0 Å². The lowest BCUT2D eigenvalue weighted by atomic mass is 9.70. The summed E-state index contributed by atoms with van der Waals surface area (Å²) in [4.78, 5) is 22.1. The second-order valence-electron chi connectivity index (χ2n) is 8.27. The van der Waals surface area contributed by atoms with Crippen LogP contribution in [0.5, 0.6) is 0 Å². The Bertz CT molecular complexity index is 663. The third-order valence-corrected chi connectivity index (χ3v) is 7.95. The SMILES string of the molecule is CCN1CC2(CCN(C(=O)c3csc(C4CC4)n3)CC2)[C@H]2COC[C@H]21. The van der Waals surface area contributed by atoms with Crippen molar-refractivity contribution in [3.05, 3.63) is 16.1 Å². The molecular weight excluding hydrogens is 334 g/mol. The van der Waals surface area contributed by atoms with Crippen LogP contribution in [-0.2, 0) is 4.74 Å². The van der Waals surface area contributed by atoms with Crippen molar-refractivity contribution in [1.82, 2.24) is 14.8 Å². The van der Waals surface area contributed by atoms with Crippen LogP contribution in [0.3, 0.4) is 0 Å². The summed E-state index contributed by atoms with van der Waals surface area (Å²) in [5.41, 5.74) is 1.03. The van der Waals surface area contributed by atoms with Crippen molar-refractivity contribution in [2.45, 2.75) is 44.6 Å². The number of carbonyl (C=O) groups excluding carboxylic acids is 1. The summed E-state index contributed by atoms with van der Waals surface area (Å²) in [7, 11) is 0. The molecule has 0 radical (unpaired) electrons. The largest absolute Gasteiger partial charge is 0.379 e. The standard InChI is InChI=1S/C19H27N3O2S/c1-2-21-12-19(14-9-24-10-16(14)21)5-7-22(8-6-19)18(23)15-11-25-17(20-15)13-3-4-13/h11,13-14,16H,2-10,12H2,1H3/t14-,16+/m0/s1. The Labute approximate surface area is 153 Å². The molecule has 1 aliphatic carbocycles. The predicted octanol–water partition coefficient (Wildman–Crippen LogP) is 2.59. The molecular formula is C19H27N3O2S. The summed E-state index contributed by atoms with van der Waals surface area (Å²) in [6.45, 7) is 8.10. The highest BCUT2D eigenvalue weighted by Crippen LogP contribution is 2.50. The minimum absolute atomic E-state index is 0.141. The van der Waals surface area contributed by atoms with Gasteiger partial charge in [0.25, 0.3) is 5.91 Å². The summed E-state index contributed by atoms with van der Waals surface area (Å²) in [5, 5.41) is 3.13. The fraction of sp³-hybridized carbons (Fsp3) is 0.789. The van der Waals surface area contributed by atoms with Crippen molar-refractivity contribution < 1.29 is 9.53 Å². The number of likely N-dealkylation sites (tertiary alicyclic amines) is 2. The number of piperidine rings is 1. The number of hydrogen-bond acceptors (Lipinski definition) is 5. The highest BCUT2D eigenvalue weighted by Gasteiger charge is 2.55. The van der Waals surface area contributed by atoms with Gasteiger partial charge in [-0.3, -0.25) is 9.69 Å². The minimum Gasteiger partial charge on any atom is -0.379 e. The van der Waals surface area contributed by atoms with E-state index < -0.39 is 0 Å². The minimum atomic E-state index is 0.141. The molecule has 1 amide bonds. The number of hydrogen-bond donors (Lipinski definition) is 0. The third kappa shape index (κ3) is 2.64. The first-order chi connectivity index (χ1) is 12.2. The number of carbonyl (C=O) groups is 1. The molecule has 25 heavy (non-hydrogen) atoms. The number of likely N-dealkylation sites (N-methyl/N-ethyl adjacent to an activating group) is 1. The zero-order chi connectivity index (χ0) is 17.0. The molecule has 1 spiro atoms. The van der Waals surface area contributed by atoms with Gasteiger partial charge < -0.3 is 9.64 Å². The van der Waals surface area contributed by atoms with Crippen molar-refractivity contribution in [3.8, 4) is 0 Å². The number of nitrogens with zero attached hydrogens (tertiary/aromatic N) is 3. The second kappa shape index (κ2) is 6.03. The number of thiazole rings is 1. The predicted molar refractivity (Wildman–Crippen MR) is 97.0 cm³/mol. The molecule has 5 nitrogen and oxygen atoms in total. The Hall–Kier alpha value is -0.980. The molecule has 3 aliphatic heterocycles. The summed E-state index contributed by atoms with van der Waals surface area (Å²) in [6, 6.07) is 0.604. The average molecular weight is 362 g/mol. The van der Waals surface area contributed by atoms with E-state index >= 15 is 0 Å². The van der Waals surface area contributed by atoms with Gasteiger partial charge in [0.1, 0.15) is 5.69 Å². The molecule has 0 unspecified atom stereocenters. The zero-order valence-electron chi connectivity index (χ0n) is 14.9. The Morgan fingerprint density at radius 3 is 2.88 bits per heavy atom. The summed E-state index contributed by atoms with van der Waals surface area (Å²) < 4.78 is 5.81. The Morgan fingerprint density at radius 1 is 1.36 bits per heavy atom. The van der Waals surface area contributed by atoms with Gasteiger partial charge in [-0.25, -0.2) is 4.98 Å². The lowest BCUT2D eigenvalue weighted by Crippen LogP contribution is -2.47. The lowest BCUT2D eigenvalue weighted by Gasteiger charge is -2.42.